The topological polar surface area (TPSA) is 55.4 Å². The predicted octanol–water partition coefficient (Wildman–Crippen LogP) is 3.91. The lowest BCUT2D eigenvalue weighted by atomic mass is 10.0. The molecular weight excluding hydrogens is 290 g/mol. The molecule has 120 valence electrons. The second-order valence-electron chi connectivity index (χ2n) is 5.77. The van der Waals surface area contributed by atoms with Crippen molar-refractivity contribution >= 4 is 17.6 Å². The lowest BCUT2D eigenvalue weighted by molar-refractivity contribution is -0.119. The van der Waals surface area contributed by atoms with E-state index in [0.717, 1.165) is 11.1 Å². The molecule has 0 spiro atoms. The first kappa shape index (κ1) is 16.7. The maximum atomic E-state index is 11.9. The van der Waals surface area contributed by atoms with Crippen LogP contribution in [-0.4, -0.2) is 18.5 Å². The fourth-order valence-corrected chi connectivity index (χ4v) is 2.05. The van der Waals surface area contributed by atoms with Crippen molar-refractivity contribution in [3.05, 3.63) is 65.2 Å². The monoisotopic (exact) mass is 311 g/mol. The van der Waals surface area contributed by atoms with Crippen LogP contribution in [0, 0.1) is 6.92 Å². The molecule has 1 amide bonds. The van der Waals surface area contributed by atoms with Gasteiger partial charge in [0.25, 0.3) is 5.91 Å². The van der Waals surface area contributed by atoms with Crippen molar-refractivity contribution in [2.75, 3.05) is 11.9 Å². The van der Waals surface area contributed by atoms with Crippen molar-refractivity contribution in [3.63, 3.8) is 0 Å². The Bertz CT molecular complexity index is 673. The first-order valence-corrected chi connectivity index (χ1v) is 7.59. The zero-order chi connectivity index (χ0) is 16.8. The van der Waals surface area contributed by atoms with Crippen molar-refractivity contribution in [1.82, 2.24) is 0 Å². The van der Waals surface area contributed by atoms with E-state index in [9.17, 15) is 9.59 Å². The summed E-state index contributed by atoms with van der Waals surface area (Å²) in [5.41, 5.74) is 3.38. The standard InChI is InChI=1S/C19H21NO3/c1-13(2)15-6-8-16(9-7-15)19(22)23-12-18(21)20-17-10-4-14(3)5-11-17/h4-11,13H,12H2,1-3H3,(H,20,21). The summed E-state index contributed by atoms with van der Waals surface area (Å²) in [6, 6.07) is 14.6. The van der Waals surface area contributed by atoms with E-state index in [1.165, 1.54) is 0 Å². The number of carbonyl (C=O) groups excluding carboxylic acids is 2. The van der Waals surface area contributed by atoms with E-state index in [-0.39, 0.29) is 12.5 Å². The van der Waals surface area contributed by atoms with Crippen LogP contribution in [0.5, 0.6) is 0 Å². The highest BCUT2D eigenvalue weighted by Gasteiger charge is 2.11. The smallest absolute Gasteiger partial charge is 0.338 e. The number of hydrogen-bond donors (Lipinski definition) is 1. The predicted molar refractivity (Wildman–Crippen MR) is 90.6 cm³/mol. The third-order valence-electron chi connectivity index (χ3n) is 3.48. The largest absolute Gasteiger partial charge is 0.452 e. The number of anilines is 1. The molecule has 0 aromatic heterocycles. The zero-order valence-electron chi connectivity index (χ0n) is 13.6. The number of carbonyl (C=O) groups is 2. The molecule has 0 aliphatic rings. The van der Waals surface area contributed by atoms with Crippen LogP contribution in [-0.2, 0) is 9.53 Å². The molecule has 2 rings (SSSR count). The molecule has 0 radical (unpaired) electrons. The van der Waals surface area contributed by atoms with Gasteiger partial charge in [0, 0.05) is 5.69 Å². The minimum absolute atomic E-state index is 0.307. The molecule has 4 nitrogen and oxygen atoms in total. The van der Waals surface area contributed by atoms with Crippen LogP contribution in [0.25, 0.3) is 0 Å². The lowest BCUT2D eigenvalue weighted by Gasteiger charge is -2.08. The number of esters is 1. The summed E-state index contributed by atoms with van der Waals surface area (Å²) in [7, 11) is 0. The number of nitrogens with one attached hydrogen (secondary N) is 1. The minimum Gasteiger partial charge on any atom is -0.452 e. The van der Waals surface area contributed by atoms with Gasteiger partial charge in [0.15, 0.2) is 6.61 Å². The lowest BCUT2D eigenvalue weighted by Crippen LogP contribution is -2.20. The van der Waals surface area contributed by atoms with Crippen molar-refractivity contribution in [2.24, 2.45) is 0 Å². The third-order valence-corrected chi connectivity index (χ3v) is 3.48. The molecule has 0 fully saturated rings. The van der Waals surface area contributed by atoms with E-state index in [1.807, 2.05) is 31.2 Å². The minimum atomic E-state index is -0.501. The van der Waals surface area contributed by atoms with Crippen LogP contribution in [0.2, 0.25) is 0 Å². The van der Waals surface area contributed by atoms with Crippen LogP contribution in [0.3, 0.4) is 0 Å². The maximum absolute atomic E-state index is 11.9. The van der Waals surface area contributed by atoms with Crippen LogP contribution in [0.1, 0.15) is 41.3 Å². The fourth-order valence-electron chi connectivity index (χ4n) is 2.05. The van der Waals surface area contributed by atoms with Crippen molar-refractivity contribution in [3.8, 4) is 0 Å². The van der Waals surface area contributed by atoms with Gasteiger partial charge in [-0.1, -0.05) is 43.7 Å². The van der Waals surface area contributed by atoms with E-state index in [2.05, 4.69) is 19.2 Å². The quantitative estimate of drug-likeness (QED) is 0.852. The average Bonchev–Trinajstić information content (AvgIpc) is 2.55. The summed E-state index contributed by atoms with van der Waals surface area (Å²) in [4.78, 5) is 23.7. The van der Waals surface area contributed by atoms with Crippen LogP contribution in [0.4, 0.5) is 5.69 Å². The SMILES string of the molecule is Cc1ccc(NC(=O)COC(=O)c2ccc(C(C)C)cc2)cc1. The highest BCUT2D eigenvalue weighted by Crippen LogP contribution is 2.15. The molecule has 0 atom stereocenters. The summed E-state index contributed by atoms with van der Waals surface area (Å²) >= 11 is 0. The van der Waals surface area contributed by atoms with E-state index >= 15 is 0 Å². The van der Waals surface area contributed by atoms with E-state index in [4.69, 9.17) is 4.74 Å². The van der Waals surface area contributed by atoms with Crippen LogP contribution in [0.15, 0.2) is 48.5 Å². The van der Waals surface area contributed by atoms with Gasteiger partial charge >= 0.3 is 5.97 Å². The molecule has 0 saturated heterocycles. The molecular formula is C19H21NO3. The Morgan fingerprint density at radius 2 is 1.61 bits per heavy atom. The Balaban J connectivity index is 1.85. The molecule has 1 N–H and O–H groups in total. The first-order valence-electron chi connectivity index (χ1n) is 7.59. The van der Waals surface area contributed by atoms with Gasteiger partial charge in [-0.2, -0.15) is 0 Å². The Morgan fingerprint density at radius 3 is 2.17 bits per heavy atom. The van der Waals surface area contributed by atoms with Crippen LogP contribution >= 0.6 is 0 Å². The molecule has 0 unspecified atom stereocenters. The molecule has 2 aromatic rings. The average molecular weight is 311 g/mol. The van der Waals surface area contributed by atoms with Crippen molar-refractivity contribution in [1.29, 1.82) is 0 Å². The number of amides is 1. The maximum Gasteiger partial charge on any atom is 0.338 e. The third kappa shape index (κ3) is 4.95. The van der Waals surface area contributed by atoms with Gasteiger partial charge in [0.1, 0.15) is 0 Å². The first-order chi connectivity index (χ1) is 11.0. The van der Waals surface area contributed by atoms with Crippen LogP contribution < -0.4 is 5.32 Å². The molecule has 0 heterocycles. The number of aryl methyl sites for hydroxylation is 1. The second-order valence-corrected chi connectivity index (χ2v) is 5.77. The Morgan fingerprint density at radius 1 is 1.00 bits per heavy atom. The van der Waals surface area contributed by atoms with E-state index in [1.54, 1.807) is 24.3 Å². The van der Waals surface area contributed by atoms with Gasteiger partial charge in [-0.05, 0) is 42.7 Å². The highest BCUT2D eigenvalue weighted by atomic mass is 16.5. The van der Waals surface area contributed by atoms with Gasteiger partial charge in [-0.15, -0.1) is 0 Å². The normalized spacial score (nSPS) is 10.4. The van der Waals surface area contributed by atoms with Gasteiger partial charge in [0.2, 0.25) is 0 Å². The van der Waals surface area contributed by atoms with Gasteiger partial charge < -0.3 is 10.1 Å². The Labute approximate surface area is 136 Å². The number of rotatable bonds is 5. The molecule has 0 saturated carbocycles. The zero-order valence-corrected chi connectivity index (χ0v) is 13.6. The number of ether oxygens (including phenoxy) is 1. The molecule has 0 aliphatic carbocycles. The summed E-state index contributed by atoms with van der Waals surface area (Å²) in [6.07, 6.45) is 0. The highest BCUT2D eigenvalue weighted by molar-refractivity contribution is 5.95. The molecule has 23 heavy (non-hydrogen) atoms. The molecule has 2 aromatic carbocycles. The van der Waals surface area contributed by atoms with Gasteiger partial charge in [-0.25, -0.2) is 4.79 Å². The molecule has 0 bridgehead atoms. The second kappa shape index (κ2) is 7.58. The summed E-state index contributed by atoms with van der Waals surface area (Å²) in [5.74, 6) is -0.458. The van der Waals surface area contributed by atoms with Crippen molar-refractivity contribution < 1.29 is 14.3 Å². The van der Waals surface area contributed by atoms with Crippen molar-refractivity contribution in [2.45, 2.75) is 26.7 Å². The molecule has 0 aliphatic heterocycles. The Hall–Kier alpha value is -2.62. The fraction of sp³-hybridized carbons (Fsp3) is 0.263. The Kier molecular flexibility index (Phi) is 5.52. The van der Waals surface area contributed by atoms with E-state index in [0.29, 0.717) is 17.2 Å². The van der Waals surface area contributed by atoms with Gasteiger partial charge in [0.05, 0.1) is 5.56 Å². The molecule has 4 heteroatoms. The summed E-state index contributed by atoms with van der Waals surface area (Å²) < 4.78 is 5.04. The number of benzene rings is 2. The van der Waals surface area contributed by atoms with Gasteiger partial charge in [-0.3, -0.25) is 4.79 Å². The summed E-state index contributed by atoms with van der Waals surface area (Å²) in [5, 5.41) is 2.68. The number of hydrogen-bond acceptors (Lipinski definition) is 3. The summed E-state index contributed by atoms with van der Waals surface area (Å²) in [6.45, 7) is 5.84. The van der Waals surface area contributed by atoms with E-state index < -0.39 is 5.97 Å².